The van der Waals surface area contributed by atoms with Crippen molar-refractivity contribution in [3.8, 4) is 5.75 Å². The average Bonchev–Trinajstić information content (AvgIpc) is 2.55. The summed E-state index contributed by atoms with van der Waals surface area (Å²) in [6, 6.07) is 11.9. The van der Waals surface area contributed by atoms with E-state index in [4.69, 9.17) is 28.6 Å². The lowest BCUT2D eigenvalue weighted by molar-refractivity contribution is 0.331. The van der Waals surface area contributed by atoms with E-state index in [1.807, 2.05) is 24.3 Å². The summed E-state index contributed by atoms with van der Waals surface area (Å²) in [6.07, 6.45) is 0. The Morgan fingerprint density at radius 1 is 1.17 bits per heavy atom. The van der Waals surface area contributed by atoms with Crippen molar-refractivity contribution >= 4 is 34.6 Å². The molecule has 2 aromatic carbocycles. The summed E-state index contributed by atoms with van der Waals surface area (Å²) in [6.45, 7) is 0.407. The number of nitrogens with one attached hydrogen (secondary N) is 2. The lowest BCUT2D eigenvalue weighted by atomic mass is 9.91. The van der Waals surface area contributed by atoms with E-state index in [1.165, 1.54) is 12.1 Å². The third-order valence-corrected chi connectivity index (χ3v) is 4.45. The van der Waals surface area contributed by atoms with Crippen LogP contribution in [0.5, 0.6) is 5.75 Å². The van der Waals surface area contributed by atoms with E-state index in [1.54, 1.807) is 6.07 Å². The number of rotatable bonds is 1. The first-order chi connectivity index (χ1) is 11.1. The fourth-order valence-corrected chi connectivity index (χ4v) is 3.25. The van der Waals surface area contributed by atoms with Crippen LogP contribution in [-0.2, 0) is 0 Å². The summed E-state index contributed by atoms with van der Waals surface area (Å²) in [4.78, 5) is 0. The molecular formula is C17H12ClFN2OS. The number of ether oxygens (including phenoxy) is 1. The highest BCUT2D eigenvalue weighted by Gasteiger charge is 2.32. The fourth-order valence-electron chi connectivity index (χ4n) is 2.91. The van der Waals surface area contributed by atoms with Gasteiger partial charge in [0.05, 0.1) is 11.7 Å². The van der Waals surface area contributed by atoms with Gasteiger partial charge in [0.2, 0.25) is 0 Å². The minimum atomic E-state index is -0.310. The van der Waals surface area contributed by atoms with Gasteiger partial charge in [-0.2, -0.15) is 0 Å². The summed E-state index contributed by atoms with van der Waals surface area (Å²) in [7, 11) is 0. The molecule has 0 aromatic heterocycles. The van der Waals surface area contributed by atoms with Crippen LogP contribution >= 0.6 is 23.8 Å². The molecule has 0 bridgehead atoms. The standard InChI is InChI=1S/C17H12ClFN2OS/c18-10-3-1-9(2-4-10)15-13-8-22-14-6-5-11(19)7-12(14)16(13)21-17(23)20-15/h1-7,15H,8H2,(H2,20,21,23). The first kappa shape index (κ1) is 14.5. The van der Waals surface area contributed by atoms with Crippen LogP contribution in [0.25, 0.3) is 5.70 Å². The predicted molar refractivity (Wildman–Crippen MR) is 91.9 cm³/mol. The van der Waals surface area contributed by atoms with Gasteiger partial charge < -0.3 is 15.4 Å². The zero-order chi connectivity index (χ0) is 16.0. The first-order valence-electron chi connectivity index (χ1n) is 7.10. The minimum Gasteiger partial charge on any atom is -0.488 e. The van der Waals surface area contributed by atoms with Crippen LogP contribution in [-0.4, -0.2) is 11.7 Å². The number of fused-ring (bicyclic) bond motifs is 2. The zero-order valence-electron chi connectivity index (χ0n) is 11.9. The normalized spacial score (nSPS) is 19.2. The van der Waals surface area contributed by atoms with E-state index < -0.39 is 0 Å². The van der Waals surface area contributed by atoms with Crippen LogP contribution in [0.15, 0.2) is 48.0 Å². The largest absolute Gasteiger partial charge is 0.488 e. The zero-order valence-corrected chi connectivity index (χ0v) is 13.5. The van der Waals surface area contributed by atoms with Crippen molar-refractivity contribution in [1.29, 1.82) is 0 Å². The van der Waals surface area contributed by atoms with Gasteiger partial charge in [0.25, 0.3) is 0 Å². The van der Waals surface area contributed by atoms with E-state index >= 15 is 0 Å². The molecule has 0 fully saturated rings. The molecule has 2 aromatic rings. The average molecular weight is 347 g/mol. The molecule has 116 valence electrons. The predicted octanol–water partition coefficient (Wildman–Crippen LogP) is 3.80. The highest BCUT2D eigenvalue weighted by atomic mass is 35.5. The Balaban J connectivity index is 1.85. The van der Waals surface area contributed by atoms with E-state index in [9.17, 15) is 4.39 Å². The molecule has 0 radical (unpaired) electrons. The maximum Gasteiger partial charge on any atom is 0.171 e. The lowest BCUT2D eigenvalue weighted by Gasteiger charge is -2.35. The third-order valence-electron chi connectivity index (χ3n) is 3.98. The van der Waals surface area contributed by atoms with Gasteiger partial charge in [-0.25, -0.2) is 4.39 Å². The van der Waals surface area contributed by atoms with E-state index in [-0.39, 0.29) is 11.9 Å². The molecule has 2 heterocycles. The number of benzene rings is 2. The highest BCUT2D eigenvalue weighted by molar-refractivity contribution is 7.80. The number of hydrogen-bond donors (Lipinski definition) is 2. The Bertz CT molecular complexity index is 835. The molecular weight excluding hydrogens is 335 g/mol. The van der Waals surface area contributed by atoms with E-state index in [0.29, 0.717) is 28.1 Å². The highest BCUT2D eigenvalue weighted by Crippen LogP contribution is 2.38. The van der Waals surface area contributed by atoms with Crippen molar-refractivity contribution in [2.45, 2.75) is 6.04 Å². The number of thiocarbonyl (C=S) groups is 1. The molecule has 3 nitrogen and oxygen atoms in total. The number of halogens is 2. The topological polar surface area (TPSA) is 33.3 Å². The van der Waals surface area contributed by atoms with Gasteiger partial charge in [-0.05, 0) is 48.1 Å². The number of hydrogen-bond acceptors (Lipinski definition) is 2. The van der Waals surface area contributed by atoms with Crippen LogP contribution in [0.3, 0.4) is 0 Å². The fraction of sp³-hybridized carbons (Fsp3) is 0.118. The SMILES string of the molecule is Fc1ccc2c(c1)C1=C(CO2)C(c2ccc(Cl)cc2)NC(=S)N1. The van der Waals surface area contributed by atoms with Crippen molar-refractivity contribution in [3.63, 3.8) is 0 Å². The Morgan fingerprint density at radius 2 is 1.96 bits per heavy atom. The summed E-state index contributed by atoms with van der Waals surface area (Å²) in [5, 5.41) is 7.56. The van der Waals surface area contributed by atoms with Crippen LogP contribution in [0.1, 0.15) is 17.2 Å². The van der Waals surface area contributed by atoms with Crippen molar-refractivity contribution in [3.05, 3.63) is 70.0 Å². The second-order valence-corrected chi connectivity index (χ2v) is 6.26. The Morgan fingerprint density at radius 3 is 2.74 bits per heavy atom. The van der Waals surface area contributed by atoms with Crippen molar-refractivity contribution in [2.75, 3.05) is 6.61 Å². The van der Waals surface area contributed by atoms with Gasteiger partial charge in [-0.15, -0.1) is 0 Å². The smallest absolute Gasteiger partial charge is 0.171 e. The van der Waals surface area contributed by atoms with E-state index in [0.717, 1.165) is 16.8 Å². The van der Waals surface area contributed by atoms with Crippen LogP contribution in [0, 0.1) is 5.82 Å². The summed E-state index contributed by atoms with van der Waals surface area (Å²) < 4.78 is 19.4. The Hall–Kier alpha value is -2.11. The molecule has 0 saturated heterocycles. The second kappa shape index (κ2) is 5.51. The Labute approximate surface area is 143 Å². The maximum absolute atomic E-state index is 13.6. The molecule has 0 aliphatic carbocycles. The second-order valence-electron chi connectivity index (χ2n) is 5.41. The maximum atomic E-state index is 13.6. The molecule has 0 spiro atoms. The van der Waals surface area contributed by atoms with Gasteiger partial charge in [-0.1, -0.05) is 23.7 Å². The third kappa shape index (κ3) is 2.56. The van der Waals surface area contributed by atoms with Gasteiger partial charge in [-0.3, -0.25) is 0 Å². The van der Waals surface area contributed by atoms with Gasteiger partial charge in [0, 0.05) is 16.2 Å². The first-order valence-corrected chi connectivity index (χ1v) is 7.89. The van der Waals surface area contributed by atoms with Crippen molar-refractivity contribution in [2.24, 2.45) is 0 Å². The molecule has 2 N–H and O–H groups in total. The quantitative estimate of drug-likeness (QED) is 0.769. The summed E-state index contributed by atoms with van der Waals surface area (Å²) in [5.41, 5.74) is 3.51. The molecule has 0 saturated carbocycles. The molecule has 0 amide bonds. The van der Waals surface area contributed by atoms with Crippen LogP contribution in [0.2, 0.25) is 5.02 Å². The molecule has 6 heteroatoms. The minimum absolute atomic E-state index is 0.132. The van der Waals surface area contributed by atoms with Crippen molar-refractivity contribution in [1.82, 2.24) is 10.6 Å². The Kier molecular flexibility index (Phi) is 3.47. The molecule has 23 heavy (non-hydrogen) atoms. The lowest BCUT2D eigenvalue weighted by Crippen LogP contribution is -2.45. The van der Waals surface area contributed by atoms with Crippen LogP contribution < -0.4 is 15.4 Å². The van der Waals surface area contributed by atoms with Gasteiger partial charge >= 0.3 is 0 Å². The van der Waals surface area contributed by atoms with Gasteiger partial charge in [0.1, 0.15) is 18.2 Å². The van der Waals surface area contributed by atoms with Gasteiger partial charge in [0.15, 0.2) is 5.11 Å². The summed E-state index contributed by atoms with van der Waals surface area (Å²) in [5.74, 6) is 0.340. The van der Waals surface area contributed by atoms with E-state index in [2.05, 4.69) is 10.6 Å². The molecule has 2 aliphatic heterocycles. The molecule has 2 aliphatic rings. The molecule has 4 rings (SSSR count). The molecule has 1 atom stereocenters. The molecule has 1 unspecified atom stereocenters. The van der Waals surface area contributed by atoms with Crippen molar-refractivity contribution < 1.29 is 9.13 Å². The van der Waals surface area contributed by atoms with Crippen LogP contribution in [0.4, 0.5) is 4.39 Å². The monoisotopic (exact) mass is 346 g/mol. The summed E-state index contributed by atoms with van der Waals surface area (Å²) >= 11 is 11.3.